The molecule has 2 heterocycles. The van der Waals surface area contributed by atoms with Gasteiger partial charge in [0.25, 0.3) is 5.60 Å². The summed E-state index contributed by atoms with van der Waals surface area (Å²) in [4.78, 5) is 27.8. The highest BCUT2D eigenvalue weighted by Gasteiger charge is 2.62. The van der Waals surface area contributed by atoms with Crippen LogP contribution in [-0.4, -0.2) is 23.8 Å². The number of carbonyl (C=O) groups excluding carboxylic acids is 2. The van der Waals surface area contributed by atoms with Gasteiger partial charge in [-0.1, -0.05) is 23.4 Å². The van der Waals surface area contributed by atoms with E-state index in [0.29, 0.717) is 16.7 Å². The van der Waals surface area contributed by atoms with Crippen molar-refractivity contribution >= 4 is 23.3 Å². The van der Waals surface area contributed by atoms with Crippen LogP contribution in [0.4, 0.5) is 18.9 Å². The van der Waals surface area contributed by atoms with E-state index in [1.807, 2.05) is 0 Å². The third-order valence-corrected chi connectivity index (χ3v) is 4.85. The van der Waals surface area contributed by atoms with Gasteiger partial charge in [0.2, 0.25) is 5.91 Å². The first kappa shape index (κ1) is 19.0. The van der Waals surface area contributed by atoms with Crippen molar-refractivity contribution in [2.75, 3.05) is 5.32 Å². The first-order chi connectivity index (χ1) is 13.7. The van der Waals surface area contributed by atoms with E-state index in [0.717, 1.165) is 0 Å². The summed E-state index contributed by atoms with van der Waals surface area (Å²) in [6.07, 6.45) is -5.31. The Kier molecular flexibility index (Phi) is 4.33. The van der Waals surface area contributed by atoms with Gasteiger partial charge in [-0.15, -0.1) is 0 Å². The number of hydrogen-bond acceptors (Lipinski definition) is 5. The van der Waals surface area contributed by atoms with Crippen molar-refractivity contribution in [3.8, 4) is 0 Å². The number of oxime groups is 1. The van der Waals surface area contributed by atoms with Crippen molar-refractivity contribution in [1.82, 2.24) is 0 Å². The first-order valence-electron chi connectivity index (χ1n) is 8.70. The fraction of sp³-hybridized carbons (Fsp3) is 0.250. The second-order valence-corrected chi connectivity index (χ2v) is 6.84. The second-order valence-electron chi connectivity index (χ2n) is 6.84. The number of ether oxygens (including phenoxy) is 1. The highest BCUT2D eigenvalue weighted by molar-refractivity contribution is 6.03. The van der Waals surface area contributed by atoms with E-state index >= 15 is 0 Å². The van der Waals surface area contributed by atoms with Gasteiger partial charge in [-0.25, -0.2) is 4.79 Å². The predicted molar refractivity (Wildman–Crippen MR) is 96.3 cm³/mol. The van der Waals surface area contributed by atoms with Gasteiger partial charge in [0.15, 0.2) is 0 Å². The minimum Gasteiger partial charge on any atom is -0.457 e. The lowest BCUT2D eigenvalue weighted by molar-refractivity contribution is -0.275. The van der Waals surface area contributed by atoms with Crippen molar-refractivity contribution in [3.05, 3.63) is 64.7 Å². The summed E-state index contributed by atoms with van der Waals surface area (Å²) in [6, 6.07) is 10.0. The van der Waals surface area contributed by atoms with Crippen LogP contribution in [0.1, 0.15) is 40.4 Å². The summed E-state index contributed by atoms with van der Waals surface area (Å²) in [5.74, 6) is -0.863. The molecule has 1 N–H and O–H groups in total. The van der Waals surface area contributed by atoms with Gasteiger partial charge in [0.1, 0.15) is 6.61 Å². The molecule has 0 saturated heterocycles. The molecule has 0 saturated carbocycles. The zero-order chi connectivity index (χ0) is 20.8. The number of fused-ring (bicyclic) bond motifs is 1. The van der Waals surface area contributed by atoms with Crippen molar-refractivity contribution in [1.29, 1.82) is 0 Å². The molecule has 0 bridgehead atoms. The molecule has 2 aromatic carbocycles. The highest BCUT2D eigenvalue weighted by atomic mass is 19.4. The molecule has 29 heavy (non-hydrogen) atoms. The number of alkyl halides is 3. The molecule has 1 unspecified atom stereocenters. The van der Waals surface area contributed by atoms with Gasteiger partial charge in [-0.3, -0.25) is 4.79 Å². The van der Waals surface area contributed by atoms with Crippen LogP contribution in [0.5, 0.6) is 0 Å². The van der Waals surface area contributed by atoms with Crippen LogP contribution in [0.15, 0.2) is 47.6 Å². The van der Waals surface area contributed by atoms with Crippen LogP contribution in [0.2, 0.25) is 0 Å². The van der Waals surface area contributed by atoms with E-state index in [1.54, 1.807) is 6.07 Å². The molecule has 2 aliphatic rings. The number of esters is 1. The fourth-order valence-electron chi connectivity index (χ4n) is 3.42. The maximum atomic E-state index is 14.1. The summed E-state index contributed by atoms with van der Waals surface area (Å²) >= 11 is 0. The molecular weight excluding hydrogens is 389 g/mol. The van der Waals surface area contributed by atoms with Crippen molar-refractivity contribution < 1.29 is 32.3 Å². The average molecular weight is 404 g/mol. The topological polar surface area (TPSA) is 77.0 Å². The number of amides is 1. The number of nitrogens with zero attached hydrogens (tertiary/aromatic N) is 1. The summed E-state index contributed by atoms with van der Waals surface area (Å²) < 4.78 is 47.2. The van der Waals surface area contributed by atoms with Crippen LogP contribution < -0.4 is 5.32 Å². The lowest BCUT2D eigenvalue weighted by Gasteiger charge is -2.29. The van der Waals surface area contributed by atoms with Crippen LogP contribution >= 0.6 is 0 Å². The van der Waals surface area contributed by atoms with Gasteiger partial charge < -0.3 is 14.9 Å². The van der Waals surface area contributed by atoms with Crippen molar-refractivity contribution in [2.45, 2.75) is 31.7 Å². The molecule has 0 radical (unpaired) electrons. The Bertz CT molecular complexity index is 1050. The molecule has 1 atom stereocenters. The fourth-order valence-corrected chi connectivity index (χ4v) is 3.42. The zero-order valence-electron chi connectivity index (χ0n) is 15.2. The number of carbonyl (C=O) groups is 2. The highest BCUT2D eigenvalue weighted by Crippen LogP contribution is 2.49. The lowest BCUT2D eigenvalue weighted by atomic mass is 9.86. The smallest absolute Gasteiger partial charge is 0.435 e. The maximum Gasteiger partial charge on any atom is 0.435 e. The van der Waals surface area contributed by atoms with E-state index in [9.17, 15) is 22.8 Å². The third kappa shape index (κ3) is 3.22. The van der Waals surface area contributed by atoms with E-state index in [1.165, 1.54) is 43.3 Å². The van der Waals surface area contributed by atoms with Crippen LogP contribution in [0.25, 0.3) is 0 Å². The van der Waals surface area contributed by atoms with Gasteiger partial charge >= 0.3 is 12.1 Å². The Labute approximate surface area is 163 Å². The Morgan fingerprint density at radius 2 is 2.00 bits per heavy atom. The average Bonchev–Trinajstić information content (AvgIpc) is 3.26. The molecule has 0 aromatic heterocycles. The molecule has 0 spiro atoms. The number of nitrogens with one attached hydrogen (secondary N) is 1. The summed E-state index contributed by atoms with van der Waals surface area (Å²) in [7, 11) is 0. The number of benzene rings is 2. The molecule has 0 aliphatic carbocycles. The lowest BCUT2D eigenvalue weighted by Crippen LogP contribution is -2.42. The molecule has 2 aromatic rings. The minimum atomic E-state index is -4.76. The van der Waals surface area contributed by atoms with Crippen LogP contribution in [0, 0.1) is 0 Å². The predicted octanol–water partition coefficient (Wildman–Crippen LogP) is 3.90. The van der Waals surface area contributed by atoms with Crippen LogP contribution in [0.3, 0.4) is 0 Å². The number of halogens is 3. The molecule has 1 amide bonds. The monoisotopic (exact) mass is 404 g/mol. The molecule has 6 nitrogen and oxygen atoms in total. The standard InChI is InChI=1S/C20H15F3N2O4/c1-11(26)24-15-4-2-3-14(8-15)19(20(21,22)23)9-17(25-29-19)12-5-6-16-13(7-12)10-28-18(16)27/h2-8H,9-10H2,1H3,(H,24,26). The Morgan fingerprint density at radius 3 is 2.72 bits per heavy atom. The molecule has 2 aliphatic heterocycles. The summed E-state index contributed by atoms with van der Waals surface area (Å²) in [5.41, 5.74) is -1.12. The number of rotatable bonds is 3. The van der Waals surface area contributed by atoms with Gasteiger partial charge in [0, 0.05) is 30.2 Å². The first-order valence-corrected chi connectivity index (χ1v) is 8.70. The van der Waals surface area contributed by atoms with Crippen molar-refractivity contribution in [2.24, 2.45) is 5.16 Å². The summed E-state index contributed by atoms with van der Waals surface area (Å²) in [6.45, 7) is 1.33. The van der Waals surface area contributed by atoms with E-state index in [4.69, 9.17) is 9.57 Å². The van der Waals surface area contributed by atoms with E-state index in [2.05, 4.69) is 10.5 Å². The normalized spacial score (nSPS) is 20.6. The van der Waals surface area contributed by atoms with Gasteiger partial charge in [0.05, 0.1) is 11.3 Å². The van der Waals surface area contributed by atoms with Crippen molar-refractivity contribution in [3.63, 3.8) is 0 Å². The molecule has 150 valence electrons. The largest absolute Gasteiger partial charge is 0.457 e. The van der Waals surface area contributed by atoms with E-state index in [-0.39, 0.29) is 23.6 Å². The molecule has 0 fully saturated rings. The maximum absolute atomic E-state index is 14.1. The van der Waals surface area contributed by atoms with E-state index < -0.39 is 30.1 Å². The van der Waals surface area contributed by atoms with Gasteiger partial charge in [-0.2, -0.15) is 13.2 Å². The minimum absolute atomic E-state index is 0.0688. The Balaban J connectivity index is 1.69. The molecule has 9 heteroatoms. The quantitative estimate of drug-likeness (QED) is 0.788. The van der Waals surface area contributed by atoms with Crippen LogP contribution in [-0.2, 0) is 26.6 Å². The number of anilines is 1. The van der Waals surface area contributed by atoms with Gasteiger partial charge in [-0.05, 0) is 29.8 Å². The Hall–Kier alpha value is -3.36. The summed E-state index contributed by atoms with van der Waals surface area (Å²) in [5, 5.41) is 6.19. The zero-order valence-corrected chi connectivity index (χ0v) is 15.2. The molecular formula is C20H15F3N2O4. The molecule has 4 rings (SSSR count). The third-order valence-electron chi connectivity index (χ3n) is 4.85. The number of cyclic esters (lactones) is 1. The Morgan fingerprint density at radius 1 is 1.21 bits per heavy atom. The number of hydrogen-bond donors (Lipinski definition) is 1. The second kappa shape index (κ2) is 6.61. The SMILES string of the molecule is CC(=O)Nc1cccc(C2(C(F)(F)F)CC(c3ccc4c(c3)COC4=O)=NO2)c1.